The maximum atomic E-state index is 13.0. The van der Waals surface area contributed by atoms with Crippen LogP contribution in [0, 0.1) is 32.5 Å². The van der Waals surface area contributed by atoms with E-state index in [1.807, 2.05) is 0 Å². The van der Waals surface area contributed by atoms with Crippen LogP contribution in [0.25, 0.3) is 0 Å². The van der Waals surface area contributed by atoms with Crippen LogP contribution in [0.4, 0.5) is 4.39 Å². The Morgan fingerprint density at radius 3 is 2.00 bits per heavy atom. The highest BCUT2D eigenvalue weighted by molar-refractivity contribution is 5.40. The van der Waals surface area contributed by atoms with Crippen molar-refractivity contribution < 1.29 is 9.13 Å². The molecule has 0 saturated carbocycles. The summed E-state index contributed by atoms with van der Waals surface area (Å²) in [6.45, 7) is 11.5. The van der Waals surface area contributed by atoms with Gasteiger partial charge in [-0.1, -0.05) is 31.5 Å². The SMILES string of the molecule is Cc1cc(C)c(C(COc2ccc(F)cc2)C(C)C)c(C)c1. The number of halogens is 1. The van der Waals surface area contributed by atoms with Crippen LogP contribution < -0.4 is 4.74 Å². The third-order valence-electron chi connectivity index (χ3n) is 4.16. The molecular weight excluding hydrogens is 275 g/mol. The minimum Gasteiger partial charge on any atom is -0.493 e. The second kappa shape index (κ2) is 6.95. The molecule has 0 radical (unpaired) electrons. The Labute approximate surface area is 133 Å². The Kier molecular flexibility index (Phi) is 5.23. The molecule has 1 nitrogen and oxygen atoms in total. The van der Waals surface area contributed by atoms with Crippen molar-refractivity contribution in [3.05, 3.63) is 64.5 Å². The van der Waals surface area contributed by atoms with Crippen LogP contribution in [-0.4, -0.2) is 6.61 Å². The summed E-state index contributed by atoms with van der Waals surface area (Å²) in [7, 11) is 0. The summed E-state index contributed by atoms with van der Waals surface area (Å²) in [5.41, 5.74) is 5.31. The molecule has 2 heteroatoms. The van der Waals surface area contributed by atoms with Gasteiger partial charge in [0.25, 0.3) is 0 Å². The number of ether oxygens (including phenoxy) is 1. The zero-order chi connectivity index (χ0) is 16.3. The molecule has 22 heavy (non-hydrogen) atoms. The van der Waals surface area contributed by atoms with Gasteiger partial charge in [-0.3, -0.25) is 0 Å². The van der Waals surface area contributed by atoms with E-state index in [1.165, 1.54) is 34.4 Å². The summed E-state index contributed by atoms with van der Waals surface area (Å²) in [5.74, 6) is 1.28. The third-order valence-corrected chi connectivity index (χ3v) is 4.16. The number of benzene rings is 2. The summed E-state index contributed by atoms with van der Waals surface area (Å²) in [5, 5.41) is 0. The summed E-state index contributed by atoms with van der Waals surface area (Å²) in [6.07, 6.45) is 0. The Hall–Kier alpha value is -1.83. The molecule has 1 atom stereocenters. The van der Waals surface area contributed by atoms with Crippen LogP contribution in [0.15, 0.2) is 36.4 Å². The van der Waals surface area contributed by atoms with E-state index in [9.17, 15) is 4.39 Å². The molecule has 2 aromatic carbocycles. The first-order chi connectivity index (χ1) is 10.4. The summed E-state index contributed by atoms with van der Waals surface area (Å²) in [4.78, 5) is 0. The van der Waals surface area contributed by atoms with Gasteiger partial charge in [-0.05, 0) is 67.6 Å². The van der Waals surface area contributed by atoms with Crippen molar-refractivity contribution in [3.8, 4) is 5.75 Å². The van der Waals surface area contributed by atoms with Gasteiger partial charge in [-0.25, -0.2) is 4.39 Å². The molecular formula is C20H25FO. The zero-order valence-electron chi connectivity index (χ0n) is 14.1. The van der Waals surface area contributed by atoms with Gasteiger partial charge in [0.1, 0.15) is 11.6 Å². The van der Waals surface area contributed by atoms with Crippen molar-refractivity contribution in [2.45, 2.75) is 40.5 Å². The fourth-order valence-electron chi connectivity index (χ4n) is 3.10. The lowest BCUT2D eigenvalue weighted by Crippen LogP contribution is -2.18. The Morgan fingerprint density at radius 2 is 1.50 bits per heavy atom. The predicted molar refractivity (Wildman–Crippen MR) is 90.1 cm³/mol. The second-order valence-corrected chi connectivity index (χ2v) is 6.43. The lowest BCUT2D eigenvalue weighted by atomic mass is 9.83. The Bertz CT molecular complexity index is 606. The quantitative estimate of drug-likeness (QED) is 0.701. The van der Waals surface area contributed by atoms with Gasteiger partial charge < -0.3 is 4.74 Å². The lowest BCUT2D eigenvalue weighted by molar-refractivity contribution is 0.257. The molecule has 0 heterocycles. The van der Waals surface area contributed by atoms with Crippen molar-refractivity contribution in [3.63, 3.8) is 0 Å². The van der Waals surface area contributed by atoms with Crippen molar-refractivity contribution in [2.24, 2.45) is 5.92 Å². The predicted octanol–water partition coefficient (Wildman–Crippen LogP) is 5.57. The average molecular weight is 300 g/mol. The highest BCUT2D eigenvalue weighted by Gasteiger charge is 2.21. The molecule has 0 aliphatic rings. The van der Waals surface area contributed by atoms with E-state index in [-0.39, 0.29) is 5.82 Å². The molecule has 2 rings (SSSR count). The minimum atomic E-state index is -0.238. The van der Waals surface area contributed by atoms with Crippen molar-refractivity contribution >= 4 is 0 Å². The monoisotopic (exact) mass is 300 g/mol. The van der Waals surface area contributed by atoms with E-state index in [2.05, 4.69) is 46.8 Å². The lowest BCUT2D eigenvalue weighted by Gasteiger charge is -2.26. The normalized spacial score (nSPS) is 12.5. The number of hydrogen-bond acceptors (Lipinski definition) is 1. The van der Waals surface area contributed by atoms with E-state index in [0.29, 0.717) is 18.4 Å². The van der Waals surface area contributed by atoms with Crippen LogP contribution in [0.1, 0.15) is 42.0 Å². The highest BCUT2D eigenvalue weighted by Crippen LogP contribution is 2.31. The van der Waals surface area contributed by atoms with Gasteiger partial charge in [0.15, 0.2) is 0 Å². The molecule has 1 unspecified atom stereocenters. The maximum absolute atomic E-state index is 13.0. The summed E-state index contributed by atoms with van der Waals surface area (Å²) >= 11 is 0. The third kappa shape index (κ3) is 3.88. The Balaban J connectivity index is 2.22. The Morgan fingerprint density at radius 1 is 0.955 bits per heavy atom. The first-order valence-electron chi connectivity index (χ1n) is 7.84. The van der Waals surface area contributed by atoms with Gasteiger partial charge in [0.05, 0.1) is 6.61 Å². The molecule has 118 valence electrons. The van der Waals surface area contributed by atoms with Gasteiger partial charge in [0.2, 0.25) is 0 Å². The van der Waals surface area contributed by atoms with E-state index in [4.69, 9.17) is 4.74 Å². The minimum absolute atomic E-state index is 0.238. The molecule has 0 aliphatic carbocycles. The van der Waals surface area contributed by atoms with E-state index >= 15 is 0 Å². The van der Waals surface area contributed by atoms with Gasteiger partial charge >= 0.3 is 0 Å². The zero-order valence-corrected chi connectivity index (χ0v) is 14.1. The highest BCUT2D eigenvalue weighted by atomic mass is 19.1. The van der Waals surface area contributed by atoms with Crippen molar-refractivity contribution in [1.29, 1.82) is 0 Å². The van der Waals surface area contributed by atoms with Crippen molar-refractivity contribution in [1.82, 2.24) is 0 Å². The number of hydrogen-bond donors (Lipinski definition) is 0. The fraction of sp³-hybridized carbons (Fsp3) is 0.400. The van der Waals surface area contributed by atoms with Crippen LogP contribution in [-0.2, 0) is 0 Å². The molecule has 0 amide bonds. The van der Waals surface area contributed by atoms with Crippen LogP contribution in [0.2, 0.25) is 0 Å². The molecule has 0 saturated heterocycles. The van der Waals surface area contributed by atoms with Crippen LogP contribution >= 0.6 is 0 Å². The van der Waals surface area contributed by atoms with E-state index in [0.717, 1.165) is 5.75 Å². The standard InChI is InChI=1S/C20H25FO/c1-13(2)19(12-22-18-8-6-17(21)7-9-18)20-15(4)10-14(3)11-16(20)5/h6-11,13,19H,12H2,1-5H3. The molecule has 0 N–H and O–H groups in total. The van der Waals surface area contributed by atoms with Gasteiger partial charge in [-0.15, -0.1) is 0 Å². The molecule has 0 aromatic heterocycles. The van der Waals surface area contributed by atoms with Crippen molar-refractivity contribution in [2.75, 3.05) is 6.61 Å². The molecule has 2 aromatic rings. The van der Waals surface area contributed by atoms with Gasteiger partial charge in [0, 0.05) is 5.92 Å². The molecule has 0 bridgehead atoms. The average Bonchev–Trinajstić information content (AvgIpc) is 2.42. The van der Waals surface area contributed by atoms with Crippen LogP contribution in [0.3, 0.4) is 0 Å². The smallest absolute Gasteiger partial charge is 0.123 e. The maximum Gasteiger partial charge on any atom is 0.123 e. The fourth-order valence-corrected chi connectivity index (χ4v) is 3.10. The second-order valence-electron chi connectivity index (χ2n) is 6.43. The summed E-state index contributed by atoms with van der Waals surface area (Å²) in [6, 6.07) is 10.7. The first-order valence-corrected chi connectivity index (χ1v) is 7.84. The van der Waals surface area contributed by atoms with E-state index < -0.39 is 0 Å². The number of rotatable bonds is 5. The molecule has 0 aliphatic heterocycles. The number of aryl methyl sites for hydroxylation is 3. The summed E-state index contributed by atoms with van der Waals surface area (Å²) < 4.78 is 18.9. The van der Waals surface area contributed by atoms with Gasteiger partial charge in [-0.2, -0.15) is 0 Å². The first kappa shape index (κ1) is 16.5. The van der Waals surface area contributed by atoms with E-state index in [1.54, 1.807) is 12.1 Å². The topological polar surface area (TPSA) is 9.23 Å². The molecule has 0 fully saturated rings. The largest absolute Gasteiger partial charge is 0.493 e. The molecule has 0 spiro atoms. The van der Waals surface area contributed by atoms with Crippen LogP contribution in [0.5, 0.6) is 5.75 Å².